The van der Waals surface area contributed by atoms with Gasteiger partial charge in [0.05, 0.1) is 6.54 Å². The summed E-state index contributed by atoms with van der Waals surface area (Å²) in [6.45, 7) is 9.00. The molecule has 0 bridgehead atoms. The minimum atomic E-state index is -0.0103. The van der Waals surface area contributed by atoms with E-state index in [4.69, 9.17) is 4.99 Å². The van der Waals surface area contributed by atoms with Crippen molar-refractivity contribution in [2.24, 2.45) is 4.99 Å². The predicted octanol–water partition coefficient (Wildman–Crippen LogP) is 3.91. The molecule has 0 fully saturated rings. The zero-order chi connectivity index (χ0) is 19.5. The Labute approximate surface area is 189 Å². The second-order valence-corrected chi connectivity index (χ2v) is 7.94. The Morgan fingerprint density at radius 3 is 2.46 bits per heavy atom. The summed E-state index contributed by atoms with van der Waals surface area (Å²) in [7, 11) is 0. The first-order valence-corrected chi connectivity index (χ1v) is 10.3. The number of aliphatic imine (C=N–C) groups is 1. The third-order valence-corrected chi connectivity index (χ3v) is 5.38. The summed E-state index contributed by atoms with van der Waals surface area (Å²) in [5.74, 6) is 0.777. The number of carbonyl (C=O) groups is 1. The molecule has 0 aliphatic carbocycles. The molecule has 0 aliphatic rings. The number of amides is 1. The molecule has 2 aromatic rings. The van der Waals surface area contributed by atoms with Gasteiger partial charge in [-0.1, -0.05) is 50.2 Å². The minimum absolute atomic E-state index is 0. The van der Waals surface area contributed by atoms with Gasteiger partial charge < -0.3 is 16.0 Å². The molecule has 5 nitrogen and oxygen atoms in total. The number of guanidine groups is 1. The maximum absolute atomic E-state index is 12.0. The summed E-state index contributed by atoms with van der Waals surface area (Å²) < 4.78 is 0. The molecule has 0 aliphatic heterocycles. The Bertz CT molecular complexity index is 717. The molecule has 0 radical (unpaired) electrons. The molecule has 3 N–H and O–H groups in total. The van der Waals surface area contributed by atoms with Gasteiger partial charge in [0.2, 0.25) is 5.91 Å². The van der Waals surface area contributed by atoms with Gasteiger partial charge in [-0.3, -0.25) is 9.79 Å². The van der Waals surface area contributed by atoms with Gasteiger partial charge in [0.1, 0.15) is 0 Å². The van der Waals surface area contributed by atoms with Crippen molar-refractivity contribution < 1.29 is 4.79 Å². The number of nitrogens with zero attached hydrogens (tertiary/aromatic N) is 1. The first kappa shape index (κ1) is 24.4. The number of carbonyl (C=O) groups excluding carboxylic acids is 1. The first-order valence-electron chi connectivity index (χ1n) is 9.38. The van der Waals surface area contributed by atoms with Gasteiger partial charge in [-0.2, -0.15) is 0 Å². The van der Waals surface area contributed by atoms with Crippen LogP contribution in [0.25, 0.3) is 0 Å². The highest BCUT2D eigenvalue weighted by atomic mass is 127. The molecule has 0 spiro atoms. The van der Waals surface area contributed by atoms with E-state index in [0.717, 1.165) is 18.1 Å². The predicted molar refractivity (Wildman–Crippen MR) is 130 cm³/mol. The average molecular weight is 514 g/mol. The van der Waals surface area contributed by atoms with Gasteiger partial charge in [-0.25, -0.2) is 0 Å². The summed E-state index contributed by atoms with van der Waals surface area (Å²) in [4.78, 5) is 18.0. The average Bonchev–Trinajstić information content (AvgIpc) is 3.21. The summed E-state index contributed by atoms with van der Waals surface area (Å²) >= 11 is 1.76. The number of rotatable bonds is 9. The third kappa shape index (κ3) is 8.60. The third-order valence-electron chi connectivity index (χ3n) is 4.14. The molecule has 1 aromatic carbocycles. The highest BCUT2D eigenvalue weighted by Crippen LogP contribution is 2.27. The normalized spacial score (nSPS) is 11.5. The topological polar surface area (TPSA) is 65.5 Å². The van der Waals surface area contributed by atoms with Gasteiger partial charge in [-0.15, -0.1) is 35.3 Å². The van der Waals surface area contributed by atoms with E-state index >= 15 is 0 Å². The Morgan fingerprint density at radius 1 is 1.07 bits per heavy atom. The van der Waals surface area contributed by atoms with Crippen LogP contribution < -0.4 is 16.0 Å². The van der Waals surface area contributed by atoms with Crippen LogP contribution in [-0.4, -0.2) is 31.5 Å². The van der Waals surface area contributed by atoms with Crippen molar-refractivity contribution in [1.82, 2.24) is 16.0 Å². The fourth-order valence-corrected chi connectivity index (χ4v) is 3.38. The van der Waals surface area contributed by atoms with Crippen molar-refractivity contribution in [3.8, 4) is 0 Å². The Balaban J connectivity index is 0.00000392. The van der Waals surface area contributed by atoms with Crippen LogP contribution in [0.15, 0.2) is 52.8 Å². The molecule has 0 saturated heterocycles. The molecule has 1 heterocycles. The van der Waals surface area contributed by atoms with Crippen molar-refractivity contribution in [1.29, 1.82) is 0 Å². The molecular weight excluding hydrogens is 483 g/mol. The molecule has 154 valence electrons. The molecule has 1 amide bonds. The van der Waals surface area contributed by atoms with Crippen molar-refractivity contribution in [3.05, 3.63) is 58.3 Å². The molecular formula is C21H31IN4OS. The number of hydrogen-bond donors (Lipinski definition) is 3. The summed E-state index contributed by atoms with van der Waals surface area (Å²) in [6, 6.07) is 14.1. The maximum atomic E-state index is 12.0. The number of thiophene rings is 1. The largest absolute Gasteiger partial charge is 0.357 e. The zero-order valence-electron chi connectivity index (χ0n) is 16.8. The smallest absolute Gasteiger partial charge is 0.222 e. The maximum Gasteiger partial charge on any atom is 0.222 e. The van der Waals surface area contributed by atoms with E-state index in [2.05, 4.69) is 47.3 Å². The fraction of sp³-hybridized carbons (Fsp3) is 0.429. The van der Waals surface area contributed by atoms with Gasteiger partial charge in [0.15, 0.2) is 5.96 Å². The molecule has 0 unspecified atom stereocenters. The number of hydrogen-bond acceptors (Lipinski definition) is 3. The molecule has 7 heteroatoms. The van der Waals surface area contributed by atoms with Gasteiger partial charge in [-0.05, 0) is 23.9 Å². The van der Waals surface area contributed by atoms with Crippen molar-refractivity contribution in [3.63, 3.8) is 0 Å². The molecule has 0 saturated carbocycles. The number of halogens is 1. The minimum Gasteiger partial charge on any atom is -0.357 e. The SMILES string of the molecule is CCNC(=NCC(C)(C)c1cccs1)NCCC(=O)NCc1ccccc1.I. The van der Waals surface area contributed by atoms with Crippen LogP contribution in [0.2, 0.25) is 0 Å². The zero-order valence-corrected chi connectivity index (χ0v) is 20.0. The highest BCUT2D eigenvalue weighted by Gasteiger charge is 2.21. The summed E-state index contributed by atoms with van der Waals surface area (Å²) in [6.07, 6.45) is 0.408. The van der Waals surface area contributed by atoms with Crippen LogP contribution >= 0.6 is 35.3 Å². The van der Waals surface area contributed by atoms with E-state index < -0.39 is 0 Å². The van der Waals surface area contributed by atoms with E-state index in [1.165, 1.54) is 4.88 Å². The van der Waals surface area contributed by atoms with E-state index in [0.29, 0.717) is 26.1 Å². The summed E-state index contributed by atoms with van der Waals surface area (Å²) in [5, 5.41) is 11.5. The Hall–Kier alpha value is -1.61. The fourth-order valence-electron chi connectivity index (χ4n) is 2.54. The van der Waals surface area contributed by atoms with Gasteiger partial charge in [0.25, 0.3) is 0 Å². The van der Waals surface area contributed by atoms with Gasteiger partial charge >= 0.3 is 0 Å². The lowest BCUT2D eigenvalue weighted by molar-refractivity contribution is -0.121. The lowest BCUT2D eigenvalue weighted by atomic mass is 9.92. The Morgan fingerprint density at radius 2 is 1.82 bits per heavy atom. The van der Waals surface area contributed by atoms with Gasteiger partial charge in [0, 0.05) is 36.3 Å². The van der Waals surface area contributed by atoms with Crippen LogP contribution in [-0.2, 0) is 16.8 Å². The summed E-state index contributed by atoms with van der Waals surface area (Å²) in [5.41, 5.74) is 1.09. The standard InChI is InChI=1S/C21H30N4OS.HI/c1-4-22-20(25-16-21(2,3)18-11-8-14-27-18)23-13-12-19(26)24-15-17-9-6-5-7-10-17;/h5-11,14H,4,12-13,15-16H2,1-3H3,(H,24,26)(H2,22,23,25);1H. The quantitative estimate of drug-likeness (QED) is 0.270. The van der Waals surface area contributed by atoms with E-state index in [1.807, 2.05) is 37.3 Å². The monoisotopic (exact) mass is 514 g/mol. The lowest BCUT2D eigenvalue weighted by Crippen LogP contribution is -2.40. The first-order chi connectivity index (χ1) is 13.0. The molecule has 1 aromatic heterocycles. The molecule has 2 rings (SSSR count). The van der Waals surface area contributed by atoms with Crippen molar-refractivity contribution in [2.75, 3.05) is 19.6 Å². The van der Waals surface area contributed by atoms with Crippen LogP contribution in [0.4, 0.5) is 0 Å². The van der Waals surface area contributed by atoms with E-state index in [-0.39, 0.29) is 35.3 Å². The second-order valence-electron chi connectivity index (χ2n) is 7.00. The van der Waals surface area contributed by atoms with E-state index in [9.17, 15) is 4.79 Å². The molecule has 0 atom stereocenters. The van der Waals surface area contributed by atoms with E-state index in [1.54, 1.807) is 11.3 Å². The van der Waals surface area contributed by atoms with Crippen molar-refractivity contribution in [2.45, 2.75) is 39.2 Å². The Kier molecular flexibility index (Phi) is 11.1. The number of nitrogens with one attached hydrogen (secondary N) is 3. The van der Waals surface area contributed by atoms with Crippen LogP contribution in [0.5, 0.6) is 0 Å². The highest BCUT2D eigenvalue weighted by molar-refractivity contribution is 14.0. The van der Waals surface area contributed by atoms with Crippen LogP contribution in [0.1, 0.15) is 37.6 Å². The molecule has 28 heavy (non-hydrogen) atoms. The van der Waals surface area contributed by atoms with Crippen molar-refractivity contribution >= 4 is 47.2 Å². The lowest BCUT2D eigenvalue weighted by Gasteiger charge is -2.21. The second kappa shape index (κ2) is 12.8. The van der Waals surface area contributed by atoms with Crippen LogP contribution in [0, 0.1) is 0 Å². The van der Waals surface area contributed by atoms with Crippen LogP contribution in [0.3, 0.4) is 0 Å². The number of benzene rings is 1.